The van der Waals surface area contributed by atoms with Crippen molar-refractivity contribution in [3.8, 4) is 0 Å². The van der Waals surface area contributed by atoms with Crippen molar-refractivity contribution >= 4 is 39.6 Å². The Kier molecular flexibility index (Phi) is 6.03. The number of benzene rings is 2. The molecule has 0 aliphatic rings. The third kappa shape index (κ3) is 4.61. The molecule has 0 saturated carbocycles. The molecule has 2 rings (SSSR count). The normalized spacial score (nSPS) is 11.5. The molecule has 0 fully saturated rings. The second-order valence-corrected chi connectivity index (χ2v) is 6.53. The van der Waals surface area contributed by atoms with Crippen LogP contribution in [0.5, 0.6) is 0 Å². The summed E-state index contributed by atoms with van der Waals surface area (Å²) in [5.74, 6) is -0.349. The van der Waals surface area contributed by atoms with Crippen LogP contribution in [-0.2, 0) is 4.79 Å². The maximum absolute atomic E-state index is 12.4. The number of rotatable bonds is 4. The lowest BCUT2D eigenvalue weighted by atomic mass is 10.1. The van der Waals surface area contributed by atoms with Crippen LogP contribution in [0.2, 0.25) is 0 Å². The first-order chi connectivity index (χ1) is 10.6. The smallest absolute Gasteiger partial charge is 0.321 e. The summed E-state index contributed by atoms with van der Waals surface area (Å²) in [4.78, 5) is 24.7. The second-order valence-electron chi connectivity index (χ2n) is 4.43. The van der Waals surface area contributed by atoms with Gasteiger partial charge in [-0.15, -0.1) is 11.8 Å². The molecule has 0 aromatic heterocycles. The van der Waals surface area contributed by atoms with Gasteiger partial charge in [0.2, 0.25) is 5.91 Å². The topological polar surface area (TPSA) is 58.2 Å². The molecule has 0 saturated heterocycles. The van der Waals surface area contributed by atoms with Gasteiger partial charge in [-0.05, 0) is 29.8 Å². The highest BCUT2D eigenvalue weighted by molar-refractivity contribution is 9.10. The van der Waals surface area contributed by atoms with Gasteiger partial charge in [-0.25, -0.2) is 4.79 Å². The molecule has 6 heteroatoms. The highest BCUT2D eigenvalue weighted by Gasteiger charge is 2.23. The predicted molar refractivity (Wildman–Crippen MR) is 91.8 cm³/mol. The predicted octanol–water partition coefficient (Wildman–Crippen LogP) is 3.74. The first kappa shape index (κ1) is 16.6. The van der Waals surface area contributed by atoms with Crippen LogP contribution in [0.25, 0.3) is 0 Å². The summed E-state index contributed by atoms with van der Waals surface area (Å²) >= 11 is 4.78. The van der Waals surface area contributed by atoms with Crippen molar-refractivity contribution in [3.63, 3.8) is 0 Å². The van der Waals surface area contributed by atoms with E-state index < -0.39 is 11.3 Å². The van der Waals surface area contributed by atoms with Crippen LogP contribution in [-0.4, -0.2) is 19.0 Å². The Balaban J connectivity index is 2.23. The van der Waals surface area contributed by atoms with E-state index in [0.717, 1.165) is 14.9 Å². The number of imide groups is 1. The Bertz CT molecular complexity index is 647. The van der Waals surface area contributed by atoms with Crippen molar-refractivity contribution in [2.24, 2.45) is 0 Å². The highest BCUT2D eigenvalue weighted by Crippen LogP contribution is 2.35. The van der Waals surface area contributed by atoms with Crippen LogP contribution in [0.15, 0.2) is 64.0 Å². The maximum atomic E-state index is 12.4. The van der Waals surface area contributed by atoms with Crippen LogP contribution in [0, 0.1) is 0 Å². The van der Waals surface area contributed by atoms with Crippen LogP contribution in [0.4, 0.5) is 4.79 Å². The zero-order valence-corrected chi connectivity index (χ0v) is 14.3. The van der Waals surface area contributed by atoms with Gasteiger partial charge in [-0.1, -0.05) is 46.3 Å². The zero-order chi connectivity index (χ0) is 15.9. The van der Waals surface area contributed by atoms with Crippen LogP contribution >= 0.6 is 27.7 Å². The van der Waals surface area contributed by atoms with Crippen LogP contribution < -0.4 is 10.6 Å². The maximum Gasteiger partial charge on any atom is 0.321 e. The molecular formula is C16H15BrN2O2S. The minimum atomic E-state index is -0.512. The lowest BCUT2D eigenvalue weighted by molar-refractivity contribution is -0.119. The number of carbonyl (C=O) groups is 2. The third-order valence-corrected chi connectivity index (χ3v) is 4.67. The van der Waals surface area contributed by atoms with Crippen molar-refractivity contribution < 1.29 is 9.59 Å². The number of halogens is 1. The van der Waals surface area contributed by atoms with E-state index >= 15 is 0 Å². The summed E-state index contributed by atoms with van der Waals surface area (Å²) in [5.41, 5.74) is 0.844. The molecule has 1 atom stereocenters. The third-order valence-electron chi connectivity index (χ3n) is 2.87. The standard InChI is InChI=1S/C16H15BrN2O2S/c1-18-16(21)19-15(20)14(11-5-3-2-4-6-11)22-13-9-7-12(17)8-10-13/h2-10,14H,1H3,(H2,18,19,20,21)/t14-/m1/s1. The Morgan fingerprint density at radius 3 is 2.27 bits per heavy atom. The van der Waals surface area contributed by atoms with E-state index in [9.17, 15) is 9.59 Å². The van der Waals surface area contributed by atoms with E-state index in [2.05, 4.69) is 26.6 Å². The van der Waals surface area contributed by atoms with Gasteiger partial charge in [0.1, 0.15) is 5.25 Å². The monoisotopic (exact) mass is 378 g/mol. The molecule has 0 aliphatic heterocycles. The van der Waals surface area contributed by atoms with E-state index in [0.29, 0.717) is 0 Å². The average Bonchev–Trinajstić information content (AvgIpc) is 2.54. The average molecular weight is 379 g/mol. The van der Waals surface area contributed by atoms with Gasteiger partial charge in [0.25, 0.3) is 0 Å². The fourth-order valence-corrected chi connectivity index (χ4v) is 3.08. The molecule has 2 N–H and O–H groups in total. The number of thioether (sulfide) groups is 1. The second kappa shape index (κ2) is 8.00. The van der Waals surface area contributed by atoms with E-state index in [1.54, 1.807) is 0 Å². The van der Waals surface area contributed by atoms with E-state index in [1.807, 2.05) is 54.6 Å². The van der Waals surface area contributed by atoms with Crippen molar-refractivity contribution in [2.45, 2.75) is 10.1 Å². The molecule has 3 amide bonds. The summed E-state index contributed by atoms with van der Waals surface area (Å²) in [7, 11) is 1.47. The van der Waals surface area contributed by atoms with Crippen molar-refractivity contribution in [1.82, 2.24) is 10.6 Å². The molecular weight excluding hydrogens is 364 g/mol. The van der Waals surface area contributed by atoms with Crippen LogP contribution in [0.3, 0.4) is 0 Å². The highest BCUT2D eigenvalue weighted by atomic mass is 79.9. The molecule has 0 heterocycles. The van der Waals surface area contributed by atoms with E-state index in [-0.39, 0.29) is 5.91 Å². The molecule has 114 valence electrons. The lowest BCUT2D eigenvalue weighted by Gasteiger charge is -2.16. The van der Waals surface area contributed by atoms with Gasteiger partial charge in [0.15, 0.2) is 0 Å². The summed E-state index contributed by atoms with van der Waals surface area (Å²) in [6, 6.07) is 16.6. The summed E-state index contributed by atoms with van der Waals surface area (Å²) in [5, 5.41) is 4.23. The zero-order valence-electron chi connectivity index (χ0n) is 11.9. The molecule has 0 aliphatic carbocycles. The largest absolute Gasteiger partial charge is 0.341 e. The number of hydrogen-bond acceptors (Lipinski definition) is 3. The van der Waals surface area contributed by atoms with Crippen molar-refractivity contribution in [1.29, 1.82) is 0 Å². The molecule has 22 heavy (non-hydrogen) atoms. The molecule has 2 aromatic rings. The molecule has 4 nitrogen and oxygen atoms in total. The van der Waals surface area contributed by atoms with Crippen molar-refractivity contribution in [3.05, 3.63) is 64.6 Å². The number of nitrogens with one attached hydrogen (secondary N) is 2. The first-order valence-electron chi connectivity index (χ1n) is 6.60. The summed E-state index contributed by atoms with van der Waals surface area (Å²) in [6.45, 7) is 0. The molecule has 0 radical (unpaired) electrons. The van der Waals surface area contributed by atoms with Crippen LogP contribution in [0.1, 0.15) is 10.8 Å². The number of carbonyl (C=O) groups excluding carboxylic acids is 2. The van der Waals surface area contributed by atoms with Gasteiger partial charge in [-0.2, -0.15) is 0 Å². The lowest BCUT2D eigenvalue weighted by Crippen LogP contribution is -2.39. The van der Waals surface area contributed by atoms with Gasteiger partial charge >= 0.3 is 6.03 Å². The SMILES string of the molecule is CNC(=O)NC(=O)[C@H](Sc1ccc(Br)cc1)c1ccccc1. The minimum Gasteiger partial charge on any atom is -0.341 e. The number of amides is 3. The Labute approximate surface area is 141 Å². The fourth-order valence-electron chi connectivity index (χ4n) is 1.79. The Morgan fingerprint density at radius 1 is 1.05 bits per heavy atom. The molecule has 0 bridgehead atoms. The van der Waals surface area contributed by atoms with Gasteiger partial charge in [0.05, 0.1) is 0 Å². The van der Waals surface area contributed by atoms with E-state index in [1.165, 1.54) is 18.8 Å². The minimum absolute atomic E-state index is 0.349. The quantitative estimate of drug-likeness (QED) is 0.796. The Hall–Kier alpha value is -1.79. The molecule has 0 spiro atoms. The van der Waals surface area contributed by atoms with Crippen molar-refractivity contribution in [2.75, 3.05) is 7.05 Å². The Morgan fingerprint density at radius 2 is 1.68 bits per heavy atom. The van der Waals surface area contributed by atoms with Gasteiger partial charge in [0, 0.05) is 16.4 Å². The summed E-state index contributed by atoms with van der Waals surface area (Å²) < 4.78 is 0.975. The molecule has 2 aromatic carbocycles. The molecule has 0 unspecified atom stereocenters. The number of hydrogen-bond donors (Lipinski definition) is 2. The van der Waals surface area contributed by atoms with Gasteiger partial charge in [-0.3, -0.25) is 10.1 Å². The van der Waals surface area contributed by atoms with E-state index in [4.69, 9.17) is 0 Å². The summed E-state index contributed by atoms with van der Waals surface area (Å²) in [6.07, 6.45) is 0. The number of urea groups is 1. The first-order valence-corrected chi connectivity index (χ1v) is 8.27. The fraction of sp³-hybridized carbons (Fsp3) is 0.125. The van der Waals surface area contributed by atoms with Gasteiger partial charge < -0.3 is 5.32 Å².